The minimum atomic E-state index is -0.124. The second-order valence-electron chi connectivity index (χ2n) is 4.32. The quantitative estimate of drug-likeness (QED) is 0.894. The molecule has 18 heavy (non-hydrogen) atoms. The molecule has 0 aliphatic rings. The minimum absolute atomic E-state index is 0.124. The molecule has 2 nitrogen and oxygen atoms in total. The van der Waals surface area contributed by atoms with E-state index >= 15 is 0 Å². The van der Waals surface area contributed by atoms with Crippen LogP contribution in [0.5, 0.6) is 0 Å². The highest BCUT2D eigenvalue weighted by Gasteiger charge is 2.10. The molecule has 0 saturated heterocycles. The average molecular weight is 264 g/mol. The molecule has 0 aliphatic heterocycles. The predicted octanol–water partition coefficient (Wildman–Crippen LogP) is 3.48. The number of benzene rings is 1. The molecule has 0 bridgehead atoms. The molecule has 1 aromatic carbocycles. The normalized spacial score (nSPS) is 12.6. The number of aryl methyl sites for hydroxylation is 1. The van der Waals surface area contributed by atoms with E-state index in [0.717, 1.165) is 17.8 Å². The van der Waals surface area contributed by atoms with E-state index in [1.54, 1.807) is 17.4 Å². The smallest absolute Gasteiger partial charge is 0.126 e. The Kier molecular flexibility index (Phi) is 4.44. The fraction of sp³-hybridized carbons (Fsp3) is 0.357. The first-order valence-corrected chi connectivity index (χ1v) is 6.93. The van der Waals surface area contributed by atoms with Crippen LogP contribution in [0, 0.1) is 12.7 Å². The Morgan fingerprint density at radius 3 is 2.83 bits per heavy atom. The van der Waals surface area contributed by atoms with E-state index in [-0.39, 0.29) is 11.9 Å². The maximum Gasteiger partial charge on any atom is 0.126 e. The number of aromatic nitrogens is 1. The molecule has 1 heterocycles. The number of thiazole rings is 1. The highest BCUT2D eigenvalue weighted by molar-refractivity contribution is 7.09. The zero-order valence-electron chi connectivity index (χ0n) is 10.6. The Labute approximate surface area is 111 Å². The third-order valence-electron chi connectivity index (χ3n) is 2.98. The second-order valence-corrected chi connectivity index (χ2v) is 5.21. The van der Waals surface area contributed by atoms with Gasteiger partial charge in [-0.3, -0.25) is 0 Å². The van der Waals surface area contributed by atoms with Crippen molar-refractivity contribution in [3.05, 3.63) is 51.7 Å². The van der Waals surface area contributed by atoms with Gasteiger partial charge in [-0.05, 0) is 38.4 Å². The molecule has 0 fully saturated rings. The van der Waals surface area contributed by atoms with Gasteiger partial charge >= 0.3 is 0 Å². The summed E-state index contributed by atoms with van der Waals surface area (Å²) in [6.07, 6.45) is 0.703. The Morgan fingerprint density at radius 2 is 2.17 bits per heavy atom. The molecule has 1 N–H and O–H groups in total. The number of nitrogens with one attached hydrogen (secondary N) is 1. The molecule has 0 aliphatic carbocycles. The minimum Gasteiger partial charge on any atom is -0.309 e. The van der Waals surface area contributed by atoms with Crippen LogP contribution in [0.15, 0.2) is 29.8 Å². The lowest BCUT2D eigenvalue weighted by atomic mass is 10.1. The van der Waals surface area contributed by atoms with Gasteiger partial charge in [-0.1, -0.05) is 18.2 Å². The summed E-state index contributed by atoms with van der Waals surface area (Å²) in [5.74, 6) is -0.124. The summed E-state index contributed by atoms with van der Waals surface area (Å²) in [6.45, 7) is 4.89. The monoisotopic (exact) mass is 264 g/mol. The summed E-state index contributed by atoms with van der Waals surface area (Å²) >= 11 is 1.66. The standard InChI is InChI=1S/C14H17FN2S/c1-10(14-11(2)17-9-18-14)16-8-7-12-5-3-4-6-13(12)15/h3-6,9-10,16H,7-8H2,1-2H3. The van der Waals surface area contributed by atoms with Crippen LogP contribution in [-0.4, -0.2) is 11.5 Å². The Balaban J connectivity index is 1.86. The van der Waals surface area contributed by atoms with Gasteiger partial charge in [0.25, 0.3) is 0 Å². The predicted molar refractivity (Wildman–Crippen MR) is 73.4 cm³/mol. The molecule has 1 atom stereocenters. The number of halogens is 1. The van der Waals surface area contributed by atoms with Gasteiger partial charge in [0.1, 0.15) is 5.82 Å². The van der Waals surface area contributed by atoms with E-state index in [9.17, 15) is 4.39 Å². The van der Waals surface area contributed by atoms with E-state index < -0.39 is 0 Å². The first-order chi connectivity index (χ1) is 8.68. The lowest BCUT2D eigenvalue weighted by Crippen LogP contribution is -2.21. The number of hydrogen-bond donors (Lipinski definition) is 1. The van der Waals surface area contributed by atoms with Crippen LogP contribution < -0.4 is 5.32 Å². The van der Waals surface area contributed by atoms with Crippen LogP contribution in [0.3, 0.4) is 0 Å². The zero-order valence-corrected chi connectivity index (χ0v) is 11.4. The highest BCUT2D eigenvalue weighted by atomic mass is 32.1. The summed E-state index contributed by atoms with van der Waals surface area (Å²) < 4.78 is 13.4. The summed E-state index contributed by atoms with van der Waals surface area (Å²) in [5, 5.41) is 3.41. The van der Waals surface area contributed by atoms with Crippen molar-refractivity contribution in [1.29, 1.82) is 0 Å². The van der Waals surface area contributed by atoms with Gasteiger partial charge in [-0.25, -0.2) is 9.37 Å². The molecule has 0 saturated carbocycles. The molecule has 0 spiro atoms. The van der Waals surface area contributed by atoms with Crippen LogP contribution in [0.4, 0.5) is 4.39 Å². The molecule has 4 heteroatoms. The molecule has 1 unspecified atom stereocenters. The fourth-order valence-corrected chi connectivity index (χ4v) is 2.78. The first kappa shape index (κ1) is 13.2. The summed E-state index contributed by atoms with van der Waals surface area (Å²) in [5.41, 5.74) is 3.70. The van der Waals surface area contributed by atoms with Crippen molar-refractivity contribution in [3.8, 4) is 0 Å². The van der Waals surface area contributed by atoms with Gasteiger partial charge in [0.05, 0.1) is 11.2 Å². The summed E-state index contributed by atoms with van der Waals surface area (Å²) in [6, 6.07) is 7.19. The Bertz CT molecular complexity index is 510. The molecule has 96 valence electrons. The van der Waals surface area contributed by atoms with Crippen LogP contribution in [0.1, 0.15) is 29.1 Å². The Morgan fingerprint density at radius 1 is 1.39 bits per heavy atom. The Hall–Kier alpha value is -1.26. The van der Waals surface area contributed by atoms with E-state index in [1.807, 2.05) is 24.6 Å². The summed E-state index contributed by atoms with van der Waals surface area (Å²) in [7, 11) is 0. The van der Waals surface area contributed by atoms with Crippen molar-refractivity contribution in [2.75, 3.05) is 6.54 Å². The third kappa shape index (κ3) is 3.15. The maximum absolute atomic E-state index is 13.4. The van der Waals surface area contributed by atoms with Crippen LogP contribution >= 0.6 is 11.3 Å². The van der Waals surface area contributed by atoms with Crippen molar-refractivity contribution in [1.82, 2.24) is 10.3 Å². The number of rotatable bonds is 5. The molecule has 0 radical (unpaired) electrons. The molecule has 2 aromatic rings. The van der Waals surface area contributed by atoms with E-state index in [2.05, 4.69) is 17.2 Å². The van der Waals surface area contributed by atoms with E-state index in [1.165, 1.54) is 10.9 Å². The molecule has 0 amide bonds. The van der Waals surface area contributed by atoms with Gasteiger partial charge in [0, 0.05) is 10.9 Å². The van der Waals surface area contributed by atoms with Crippen LogP contribution in [0.2, 0.25) is 0 Å². The highest BCUT2D eigenvalue weighted by Crippen LogP contribution is 2.20. The lowest BCUT2D eigenvalue weighted by Gasteiger charge is -2.13. The average Bonchev–Trinajstić information content (AvgIpc) is 2.78. The van der Waals surface area contributed by atoms with E-state index in [4.69, 9.17) is 0 Å². The van der Waals surface area contributed by atoms with Gasteiger partial charge in [-0.15, -0.1) is 11.3 Å². The molecular formula is C14H17FN2S. The largest absolute Gasteiger partial charge is 0.309 e. The molecule has 1 aromatic heterocycles. The number of nitrogens with zero attached hydrogens (tertiary/aromatic N) is 1. The van der Waals surface area contributed by atoms with Crippen LogP contribution in [0.25, 0.3) is 0 Å². The number of hydrogen-bond acceptors (Lipinski definition) is 3. The van der Waals surface area contributed by atoms with Crippen molar-refractivity contribution in [2.45, 2.75) is 26.3 Å². The maximum atomic E-state index is 13.4. The summed E-state index contributed by atoms with van der Waals surface area (Å²) in [4.78, 5) is 5.49. The SMILES string of the molecule is Cc1ncsc1C(C)NCCc1ccccc1F. The van der Waals surface area contributed by atoms with Crippen molar-refractivity contribution in [2.24, 2.45) is 0 Å². The molecular weight excluding hydrogens is 247 g/mol. The van der Waals surface area contributed by atoms with Crippen molar-refractivity contribution < 1.29 is 4.39 Å². The van der Waals surface area contributed by atoms with Crippen molar-refractivity contribution in [3.63, 3.8) is 0 Å². The lowest BCUT2D eigenvalue weighted by molar-refractivity contribution is 0.562. The van der Waals surface area contributed by atoms with E-state index in [0.29, 0.717) is 6.42 Å². The molecule has 2 rings (SSSR count). The zero-order chi connectivity index (χ0) is 13.0. The third-order valence-corrected chi connectivity index (χ3v) is 4.09. The van der Waals surface area contributed by atoms with Crippen LogP contribution in [-0.2, 0) is 6.42 Å². The fourth-order valence-electron chi connectivity index (χ4n) is 1.94. The second kappa shape index (κ2) is 6.07. The van der Waals surface area contributed by atoms with Crippen molar-refractivity contribution >= 4 is 11.3 Å². The first-order valence-electron chi connectivity index (χ1n) is 6.05. The van der Waals surface area contributed by atoms with Gasteiger partial charge in [0.2, 0.25) is 0 Å². The van der Waals surface area contributed by atoms with Gasteiger partial charge in [-0.2, -0.15) is 0 Å². The van der Waals surface area contributed by atoms with Gasteiger partial charge < -0.3 is 5.32 Å². The van der Waals surface area contributed by atoms with Gasteiger partial charge in [0.15, 0.2) is 0 Å². The topological polar surface area (TPSA) is 24.9 Å².